The van der Waals surface area contributed by atoms with Crippen molar-refractivity contribution in [1.29, 1.82) is 0 Å². The standard InChI is InChI=1S/C44H56B2N2/c1-29(2)43-37-23-7-5-21-35(37)39-25-28-42-41(47(39)45(43)31-13-9-14-32(45)16-10-15-31)27-26-40-36-22-6-8-24-38(36)44(30(3)4)46(48(40)42)33-17-11-18-34(46)20-12-19-33/h5-8,21-34,43-44H,9-20H2,1-4H3/t31?,32?,33?,34?,43-,44-,45?,46?/m0/s1. The van der Waals surface area contributed by atoms with Gasteiger partial charge in [-0.1, -0.05) is 199 Å². The highest BCUT2D eigenvalue weighted by Gasteiger charge is 2.65. The molecule has 0 amide bonds. The van der Waals surface area contributed by atoms with Crippen molar-refractivity contribution in [2.24, 2.45) is 11.8 Å². The Morgan fingerprint density at radius 1 is 0.458 bits per heavy atom. The Morgan fingerprint density at radius 3 is 1.12 bits per heavy atom. The summed E-state index contributed by atoms with van der Waals surface area (Å²) in [5.74, 6) is 5.71. The van der Waals surface area contributed by atoms with Gasteiger partial charge in [0, 0.05) is 35.4 Å². The normalized spacial score (nSPS) is 34.6. The van der Waals surface area contributed by atoms with E-state index in [1.807, 2.05) is 0 Å². The summed E-state index contributed by atoms with van der Waals surface area (Å²) in [5.41, 5.74) is 12.5. The van der Waals surface area contributed by atoms with E-state index in [4.69, 9.17) is 0 Å². The van der Waals surface area contributed by atoms with Crippen molar-refractivity contribution >= 4 is 23.6 Å². The van der Waals surface area contributed by atoms with Gasteiger partial charge in [0.2, 0.25) is 11.0 Å². The fourth-order valence-electron chi connectivity index (χ4n) is 15.7. The predicted molar refractivity (Wildman–Crippen MR) is 203 cm³/mol. The number of hydrogen-bond acceptors (Lipinski definition) is 0. The number of hydrogen-bond donors (Lipinski definition) is 0. The van der Waals surface area contributed by atoms with Crippen LogP contribution in [0.2, 0.25) is 23.3 Å². The molecule has 0 unspecified atom stereocenters. The second-order valence-corrected chi connectivity index (χ2v) is 18.5. The van der Waals surface area contributed by atoms with Crippen LogP contribution in [0.15, 0.2) is 72.8 Å². The number of aromatic nitrogens is 2. The van der Waals surface area contributed by atoms with Gasteiger partial charge in [0.1, 0.15) is 0 Å². The summed E-state index contributed by atoms with van der Waals surface area (Å²) in [4.78, 5) is 0. The molecule has 2 atom stereocenters. The lowest BCUT2D eigenvalue weighted by atomic mass is 9.09. The zero-order chi connectivity index (χ0) is 32.4. The lowest BCUT2D eigenvalue weighted by molar-refractivity contribution is -0.540. The molecule has 2 aromatic heterocycles. The van der Waals surface area contributed by atoms with Crippen LogP contribution in [0.5, 0.6) is 0 Å². The molecule has 2 spiro atoms. The van der Waals surface area contributed by atoms with E-state index in [9.17, 15) is 0 Å². The van der Waals surface area contributed by atoms with Crippen molar-refractivity contribution in [3.05, 3.63) is 83.9 Å². The molecule has 4 saturated heterocycles. The first-order valence-corrected chi connectivity index (χ1v) is 20.5. The van der Waals surface area contributed by atoms with Crippen LogP contribution in [-0.4, -0.2) is 12.6 Å². The summed E-state index contributed by atoms with van der Waals surface area (Å²) >= 11 is 0. The van der Waals surface area contributed by atoms with Crippen LogP contribution in [0.1, 0.15) is 128 Å². The Bertz CT molecular complexity index is 1740. The zero-order valence-corrected chi connectivity index (χ0v) is 30.1. The molecule has 0 aliphatic carbocycles. The monoisotopic (exact) mass is 634 g/mol. The van der Waals surface area contributed by atoms with Crippen LogP contribution in [0, 0.1) is 11.8 Å². The van der Waals surface area contributed by atoms with E-state index in [2.05, 4.69) is 109 Å². The first-order valence-electron chi connectivity index (χ1n) is 20.5. The van der Waals surface area contributed by atoms with Gasteiger partial charge < -0.3 is 8.96 Å². The van der Waals surface area contributed by atoms with Gasteiger partial charge in [-0.05, 0) is 12.1 Å². The first-order chi connectivity index (χ1) is 23.5. The average Bonchev–Trinajstić information content (AvgIpc) is 3.07. The molecule has 10 rings (SSSR count). The molecule has 2 aromatic carbocycles. The SMILES string of the molecule is CC(C)[C@H]1c2ccccc2-c2ccc3c(ccc4[n+]3[B-]3(C5CCCC3CCC5)[C@@H](C(C)C)c3ccccc3-4)[n+]2[B-]12C1CCCC2CCC1. The molecule has 248 valence electrons. The Morgan fingerprint density at radius 2 is 0.792 bits per heavy atom. The maximum absolute atomic E-state index is 3.14. The fourth-order valence-corrected chi connectivity index (χ4v) is 15.7. The highest BCUT2D eigenvalue weighted by atomic mass is 15.0. The minimum Gasteiger partial charge on any atom is -0.407 e. The third kappa shape index (κ3) is 3.63. The largest absolute Gasteiger partial charge is 0.407 e. The minimum atomic E-state index is -0.854. The Hall–Kier alpha value is -2.87. The number of fused-ring (bicyclic) bond motifs is 9. The summed E-state index contributed by atoms with van der Waals surface area (Å²) in [6, 6.07) is 29.9. The molecule has 2 nitrogen and oxygen atoms in total. The molecule has 6 aliphatic rings. The third-order valence-electron chi connectivity index (χ3n) is 16.4. The highest BCUT2D eigenvalue weighted by Crippen LogP contribution is 2.63. The van der Waals surface area contributed by atoms with Crippen molar-refractivity contribution in [2.75, 3.05) is 0 Å². The van der Waals surface area contributed by atoms with Gasteiger partial charge in [-0.15, -0.1) is 0 Å². The van der Waals surface area contributed by atoms with Crippen molar-refractivity contribution in [1.82, 2.24) is 0 Å². The number of nitrogens with zero attached hydrogens (tertiary/aromatic N) is 2. The first kappa shape index (κ1) is 30.0. The van der Waals surface area contributed by atoms with Gasteiger partial charge in [-0.25, -0.2) is 0 Å². The van der Waals surface area contributed by atoms with E-state index < -0.39 is 12.6 Å². The molecule has 0 N–H and O–H groups in total. The number of benzene rings is 2. The zero-order valence-electron chi connectivity index (χ0n) is 30.1. The van der Waals surface area contributed by atoms with Gasteiger partial charge in [0.05, 0.1) is 0 Å². The molecular formula is C44H56B2N2. The van der Waals surface area contributed by atoms with E-state index in [1.54, 1.807) is 22.2 Å². The lowest BCUT2D eigenvalue weighted by Gasteiger charge is -2.61. The van der Waals surface area contributed by atoms with Gasteiger partial charge in [0.15, 0.2) is 11.4 Å². The maximum Gasteiger partial charge on any atom is 0.292 e. The van der Waals surface area contributed by atoms with E-state index >= 15 is 0 Å². The Kier molecular flexibility index (Phi) is 6.76. The maximum atomic E-state index is 3.14. The van der Waals surface area contributed by atoms with Crippen LogP contribution in [0.4, 0.5) is 0 Å². The Labute approximate surface area is 289 Å². The number of pyridine rings is 2. The highest BCUT2D eigenvalue weighted by molar-refractivity contribution is 6.78. The lowest BCUT2D eigenvalue weighted by Crippen LogP contribution is -2.80. The van der Waals surface area contributed by atoms with Gasteiger partial charge in [-0.3, -0.25) is 0 Å². The predicted octanol–water partition coefficient (Wildman–Crippen LogP) is 11.1. The van der Waals surface area contributed by atoms with Crippen LogP contribution in [0.25, 0.3) is 33.5 Å². The average molecular weight is 635 g/mol. The van der Waals surface area contributed by atoms with Crippen molar-refractivity contribution < 1.29 is 8.96 Å². The molecule has 4 bridgehead atoms. The van der Waals surface area contributed by atoms with Gasteiger partial charge in [0.25, 0.3) is 12.6 Å². The quantitative estimate of drug-likeness (QED) is 0.194. The topological polar surface area (TPSA) is 7.76 Å². The molecule has 0 radical (unpaired) electrons. The molecule has 4 heteroatoms. The molecule has 6 aliphatic heterocycles. The summed E-state index contributed by atoms with van der Waals surface area (Å²) in [6.07, 6.45) is 15.4. The van der Waals surface area contributed by atoms with Crippen LogP contribution >= 0.6 is 0 Å². The summed E-state index contributed by atoms with van der Waals surface area (Å²) < 4.78 is 6.27. The van der Waals surface area contributed by atoms with Crippen LogP contribution < -0.4 is 8.96 Å². The number of rotatable bonds is 2. The molecular weight excluding hydrogens is 578 g/mol. The second-order valence-electron chi connectivity index (χ2n) is 18.5. The van der Waals surface area contributed by atoms with Crippen LogP contribution in [0.3, 0.4) is 0 Å². The van der Waals surface area contributed by atoms with Crippen molar-refractivity contribution in [3.8, 4) is 22.5 Å². The smallest absolute Gasteiger partial charge is 0.292 e. The van der Waals surface area contributed by atoms with E-state index in [-0.39, 0.29) is 0 Å². The second kappa shape index (κ2) is 10.8. The van der Waals surface area contributed by atoms with Gasteiger partial charge in [-0.2, -0.15) is 0 Å². The summed E-state index contributed by atoms with van der Waals surface area (Å²) in [6.45, 7) is 10.3. The Balaban J connectivity index is 1.37. The van der Waals surface area contributed by atoms with E-state index in [0.29, 0.717) is 23.5 Å². The fraction of sp³-hybridized carbons (Fsp3) is 0.545. The summed E-state index contributed by atoms with van der Waals surface area (Å²) in [7, 11) is 0. The molecule has 8 heterocycles. The molecule has 4 fully saturated rings. The third-order valence-corrected chi connectivity index (χ3v) is 16.4. The minimum absolute atomic E-state index is 0.610. The van der Waals surface area contributed by atoms with Gasteiger partial charge >= 0.3 is 0 Å². The van der Waals surface area contributed by atoms with Crippen molar-refractivity contribution in [2.45, 2.75) is 140 Å². The molecule has 48 heavy (non-hydrogen) atoms. The van der Waals surface area contributed by atoms with Crippen LogP contribution in [-0.2, 0) is 0 Å². The molecule has 0 saturated carbocycles. The van der Waals surface area contributed by atoms with E-state index in [1.165, 1.54) is 99.6 Å². The van der Waals surface area contributed by atoms with Crippen molar-refractivity contribution in [3.63, 3.8) is 0 Å². The summed E-state index contributed by atoms with van der Waals surface area (Å²) in [5, 5.41) is 0. The van der Waals surface area contributed by atoms with E-state index in [0.717, 1.165) is 23.3 Å². The molecule has 4 aromatic rings.